The van der Waals surface area contributed by atoms with Crippen LogP contribution in [0.2, 0.25) is 0 Å². The van der Waals surface area contributed by atoms with Crippen molar-refractivity contribution in [2.24, 2.45) is 0 Å². The normalized spacial score (nSPS) is 13.3. The molecule has 9 nitrogen and oxygen atoms in total. The van der Waals surface area contributed by atoms with E-state index >= 15 is 0 Å². The molecule has 0 saturated carbocycles. The maximum Gasteiger partial charge on any atom is 0.343 e. The Morgan fingerprint density at radius 1 is 0.234 bits per heavy atom. The molecule has 145 heavy (non-hydrogen) atoms. The van der Waals surface area contributed by atoms with Crippen LogP contribution < -0.4 is 30.2 Å². The van der Waals surface area contributed by atoms with Crippen molar-refractivity contribution in [3.63, 3.8) is 0 Å². The van der Waals surface area contributed by atoms with Gasteiger partial charge in [0.1, 0.15) is 17.2 Å². The molecule has 0 radical (unpaired) electrons. The molecule has 0 heterocycles. The Kier molecular flexibility index (Phi) is 21.3. The average molecular weight is 1870 g/mol. The molecular formula is C136H101N3O6. The second-order valence-electron chi connectivity index (χ2n) is 40.8. The van der Waals surface area contributed by atoms with Crippen LogP contribution in [-0.4, -0.2) is 17.9 Å². The molecule has 0 unspecified atom stereocenters. The number of carbonyl (C=O) groups excluding carboxylic acids is 3. The Hall–Kier alpha value is -17.8. The first-order chi connectivity index (χ1) is 70.6. The molecule has 0 aromatic heterocycles. The van der Waals surface area contributed by atoms with E-state index in [0.29, 0.717) is 33.9 Å². The Morgan fingerprint density at radius 2 is 0.490 bits per heavy atom. The topological polar surface area (TPSA) is 115 Å². The summed E-state index contributed by atoms with van der Waals surface area (Å²) in [6.07, 6.45) is 0. The second-order valence-corrected chi connectivity index (χ2v) is 40.8. The second kappa shape index (κ2) is 34.9. The maximum absolute atomic E-state index is 14.7. The number of ether oxygens (including phenoxy) is 3. The number of hydrogen-bond donors (Lipinski definition) is 3. The largest absolute Gasteiger partial charge is 0.423 e. The van der Waals surface area contributed by atoms with Crippen LogP contribution >= 0.6 is 0 Å². The van der Waals surface area contributed by atoms with Crippen molar-refractivity contribution in [2.75, 3.05) is 16.0 Å². The smallest absolute Gasteiger partial charge is 0.343 e. The molecule has 0 atom stereocenters. The predicted octanol–water partition coefficient (Wildman–Crippen LogP) is 34.9. The van der Waals surface area contributed by atoms with E-state index in [1.165, 1.54) is 99.1 Å². The number of anilines is 6. The molecule has 0 spiro atoms. The molecule has 9 heteroatoms. The van der Waals surface area contributed by atoms with Crippen molar-refractivity contribution < 1.29 is 28.6 Å². The minimum absolute atomic E-state index is 0.201. The number of nitrogens with one attached hydrogen (secondary N) is 3. The lowest BCUT2D eigenvalue weighted by Crippen LogP contribution is -2.31. The maximum atomic E-state index is 14.7. The van der Waals surface area contributed by atoms with Gasteiger partial charge in [0.2, 0.25) is 0 Å². The van der Waals surface area contributed by atoms with Gasteiger partial charge in [0.05, 0.1) is 22.1 Å². The predicted molar refractivity (Wildman–Crippen MR) is 596 cm³/mol. The molecule has 0 aliphatic heterocycles. The summed E-state index contributed by atoms with van der Waals surface area (Å²) in [5.74, 6) is -0.347. The van der Waals surface area contributed by atoms with Gasteiger partial charge in [0.25, 0.3) is 0 Å². The van der Waals surface area contributed by atoms with Gasteiger partial charge in [-0.05, 0) is 327 Å². The fraction of sp³-hybridized carbons (Fsp3) is 0.0956. The van der Waals surface area contributed by atoms with Gasteiger partial charge in [-0.2, -0.15) is 0 Å². The van der Waals surface area contributed by atoms with Gasteiger partial charge >= 0.3 is 17.9 Å². The van der Waals surface area contributed by atoms with Crippen LogP contribution in [0.1, 0.15) is 154 Å². The van der Waals surface area contributed by atoms with Gasteiger partial charge in [-0.3, -0.25) is 0 Å². The Labute approximate surface area is 843 Å². The molecule has 3 N–H and O–H groups in total. The van der Waals surface area contributed by atoms with Gasteiger partial charge < -0.3 is 30.2 Å². The van der Waals surface area contributed by atoms with Crippen molar-refractivity contribution in [2.45, 2.75) is 83.0 Å². The minimum Gasteiger partial charge on any atom is -0.423 e. The van der Waals surface area contributed by atoms with Gasteiger partial charge in [-0.1, -0.05) is 353 Å². The zero-order valence-electron chi connectivity index (χ0n) is 81.7. The number of fused-ring (bicyclic) bond motifs is 18. The highest BCUT2D eigenvalue weighted by Crippen LogP contribution is 2.57. The van der Waals surface area contributed by atoms with E-state index in [9.17, 15) is 14.4 Å². The molecule has 22 aromatic rings. The van der Waals surface area contributed by atoms with Crippen molar-refractivity contribution in [1.29, 1.82) is 0 Å². The van der Waals surface area contributed by atoms with Crippen LogP contribution in [0.3, 0.4) is 0 Å². The summed E-state index contributed by atoms with van der Waals surface area (Å²) >= 11 is 0. The van der Waals surface area contributed by atoms with E-state index < -0.39 is 23.3 Å². The lowest BCUT2D eigenvalue weighted by molar-refractivity contribution is 0.0725. The Morgan fingerprint density at radius 3 is 0.779 bits per heavy atom. The van der Waals surface area contributed by atoms with Crippen molar-refractivity contribution >= 4 is 117 Å². The van der Waals surface area contributed by atoms with Crippen LogP contribution in [0.25, 0.3) is 131 Å². The zero-order chi connectivity index (χ0) is 98.3. The lowest BCUT2D eigenvalue weighted by Gasteiger charge is -2.37. The summed E-state index contributed by atoms with van der Waals surface area (Å²) in [5, 5.41) is 25.3. The van der Waals surface area contributed by atoms with Gasteiger partial charge in [-0.25, -0.2) is 14.4 Å². The van der Waals surface area contributed by atoms with E-state index in [2.05, 4.69) is 369 Å². The quantitative estimate of drug-likeness (QED) is 0.0297. The molecule has 696 valence electrons. The first-order valence-corrected chi connectivity index (χ1v) is 49.9. The van der Waals surface area contributed by atoms with Gasteiger partial charge in [-0.15, -0.1) is 0 Å². The van der Waals surface area contributed by atoms with Crippen LogP contribution in [-0.2, 0) is 21.7 Å². The number of benzene rings is 22. The summed E-state index contributed by atoms with van der Waals surface area (Å²) in [5.41, 5.74) is 31.2. The molecule has 0 bridgehead atoms. The van der Waals surface area contributed by atoms with Crippen molar-refractivity contribution in [1.82, 2.24) is 0 Å². The number of rotatable bonds is 20. The molecule has 3 aliphatic carbocycles. The van der Waals surface area contributed by atoms with E-state index in [4.69, 9.17) is 14.2 Å². The van der Waals surface area contributed by atoms with Crippen LogP contribution in [0.15, 0.2) is 443 Å². The molecule has 22 aromatic carbocycles. The average Bonchev–Trinajstić information content (AvgIpc) is 1.45. The number of esters is 3. The monoisotopic (exact) mass is 1870 g/mol. The standard InChI is InChI=1S/C136H101N3O6/c1-82(2)83-33-47-93(48-34-83)136(94-49-61-100(62-50-94)143-130(140)87-35-55-97(56-36-87)137-124-76-73-106-103-24-12-9-21-84(103)41-70-115(106)127(124)90-44-67-112-109-27-15-18-30-118(109)133(3,4)121(112)79-90,95-51-63-101(64-52-95)144-131(141)88-37-57-98(58-38-88)138-125-77-74-107-104-25-13-10-22-85(104)42-71-116(107)128(125)91-45-68-113-110-28-16-19-31-119(110)134(5,6)122(113)80-91)96-53-65-102(66-54-96)145-132(142)89-39-59-99(60-40-89)139-126-78-75-108-105-26-14-11-23-86(105)43-72-117(108)129(126)92-46-69-114-111-29-17-20-32-120(111)135(7,8)123(114)81-92/h9-82,137-139H,1-8H3. The highest BCUT2D eigenvalue weighted by molar-refractivity contribution is 6.18. The van der Waals surface area contributed by atoms with E-state index in [-0.39, 0.29) is 22.2 Å². The van der Waals surface area contributed by atoms with Crippen molar-refractivity contribution in [3.05, 3.63) is 521 Å². The van der Waals surface area contributed by atoms with Crippen molar-refractivity contribution in [3.8, 4) is 84.0 Å². The molecule has 25 rings (SSSR count). The third-order valence-corrected chi connectivity index (χ3v) is 31.1. The summed E-state index contributed by atoms with van der Waals surface area (Å²) in [6, 6.07) is 153. The summed E-state index contributed by atoms with van der Waals surface area (Å²) in [6.45, 7) is 18.3. The van der Waals surface area contributed by atoms with Gasteiger partial charge in [0, 0.05) is 67.1 Å². The highest BCUT2D eigenvalue weighted by Gasteiger charge is 2.42. The molecule has 0 amide bonds. The summed E-state index contributed by atoms with van der Waals surface area (Å²) in [7, 11) is 0. The molecule has 3 aliphatic rings. The SMILES string of the molecule is CC(C)c1ccc(C(c2ccc(OC(=O)c3ccc(Nc4ccc5c(ccc6ccccc65)c4-c4ccc5c(c4)C(C)(C)c4ccccc4-5)cc3)cc2)(c2ccc(OC(=O)c3ccc(Nc4ccc5c(ccc6ccccc65)c4-c4ccc5c(c4)C(C)(C)c4ccccc4-5)cc3)cc2)c2ccc(OC(=O)c3ccc(Nc4ccc5c(ccc6ccccc65)c4-c4ccc5c(c4)C(C)(C)c4ccccc4-5)cc3)cc2)cc1. The lowest BCUT2D eigenvalue weighted by atomic mass is 9.65. The third-order valence-electron chi connectivity index (χ3n) is 31.1. The molecule has 0 saturated heterocycles. The fourth-order valence-electron chi connectivity index (χ4n) is 23.6. The minimum atomic E-state index is -1.12. The fourth-order valence-corrected chi connectivity index (χ4v) is 23.6. The number of carbonyl (C=O) groups is 3. The number of hydrogen-bond acceptors (Lipinski definition) is 9. The molecule has 0 fully saturated rings. The van der Waals surface area contributed by atoms with E-state index in [0.717, 1.165) is 128 Å². The first kappa shape index (κ1) is 88.6. The highest BCUT2D eigenvalue weighted by atomic mass is 16.5. The van der Waals surface area contributed by atoms with E-state index in [1.54, 1.807) is 36.4 Å². The van der Waals surface area contributed by atoms with Crippen LogP contribution in [0.5, 0.6) is 17.2 Å². The van der Waals surface area contributed by atoms with Gasteiger partial charge in [0.15, 0.2) is 0 Å². The first-order valence-electron chi connectivity index (χ1n) is 49.9. The van der Waals surface area contributed by atoms with E-state index in [1.807, 2.05) is 109 Å². The summed E-state index contributed by atoms with van der Waals surface area (Å²) < 4.78 is 19.1. The Balaban J connectivity index is 0.520. The zero-order valence-corrected chi connectivity index (χ0v) is 81.7. The third kappa shape index (κ3) is 15.1. The van der Waals surface area contributed by atoms with Crippen LogP contribution in [0.4, 0.5) is 34.1 Å². The molecular weight excluding hydrogens is 1770 g/mol. The Bertz CT molecular complexity index is 8280. The summed E-state index contributed by atoms with van der Waals surface area (Å²) in [4.78, 5) is 44.0. The van der Waals surface area contributed by atoms with Crippen LogP contribution in [0, 0.1) is 0 Å².